The molecule has 1 atom stereocenters. The zero-order valence-electron chi connectivity index (χ0n) is 27.4. The molecule has 10 heteroatoms. The fourth-order valence-corrected chi connectivity index (χ4v) is 7.31. The number of carboxylic acid groups (broad SMARTS) is 1. The second-order valence-corrected chi connectivity index (χ2v) is 13.1. The summed E-state index contributed by atoms with van der Waals surface area (Å²) in [5.74, 6) is -0.362. The number of halogens is 2. The lowest BCUT2D eigenvalue weighted by atomic mass is 9.98. The van der Waals surface area contributed by atoms with Crippen LogP contribution in [0.1, 0.15) is 68.7 Å². The van der Waals surface area contributed by atoms with Crippen LogP contribution in [0.25, 0.3) is 22.0 Å². The number of nitrogens with zero attached hydrogens (tertiary/aromatic N) is 4. The summed E-state index contributed by atoms with van der Waals surface area (Å²) in [5, 5.41) is 16.5. The first-order valence-electron chi connectivity index (χ1n) is 15.8. The van der Waals surface area contributed by atoms with E-state index in [1.54, 1.807) is 24.3 Å². The van der Waals surface area contributed by atoms with E-state index in [0.717, 1.165) is 60.9 Å². The van der Waals surface area contributed by atoms with E-state index in [-0.39, 0.29) is 17.5 Å². The van der Waals surface area contributed by atoms with E-state index in [0.29, 0.717) is 48.8 Å². The summed E-state index contributed by atoms with van der Waals surface area (Å²) in [6, 6.07) is 14.2. The lowest BCUT2D eigenvalue weighted by molar-refractivity contribution is 0.0696. The van der Waals surface area contributed by atoms with E-state index in [4.69, 9.17) is 27.9 Å². The van der Waals surface area contributed by atoms with Gasteiger partial charge in [0.05, 0.1) is 34.4 Å². The average molecular weight is 674 g/mol. The first-order chi connectivity index (χ1) is 22.4. The monoisotopic (exact) mass is 672 g/mol. The van der Waals surface area contributed by atoms with Crippen molar-refractivity contribution in [2.45, 2.75) is 66.5 Å². The first kappa shape index (κ1) is 32.7. The molecule has 1 unspecified atom stereocenters. The highest BCUT2D eigenvalue weighted by Gasteiger charge is 2.38. The minimum absolute atomic E-state index is 0.121. The van der Waals surface area contributed by atoms with Gasteiger partial charge in [0.25, 0.3) is 5.91 Å². The number of aromatic nitrogens is 3. The number of rotatable bonds is 9. The average Bonchev–Trinajstić information content (AvgIpc) is 3.49. The summed E-state index contributed by atoms with van der Waals surface area (Å²) in [7, 11) is 1.92. The fourth-order valence-electron chi connectivity index (χ4n) is 6.95. The van der Waals surface area contributed by atoms with E-state index in [2.05, 4.69) is 16.6 Å². The number of aryl methyl sites for hydroxylation is 5. The highest BCUT2D eigenvalue weighted by Crippen LogP contribution is 2.44. The van der Waals surface area contributed by atoms with Gasteiger partial charge in [-0.05, 0) is 106 Å². The van der Waals surface area contributed by atoms with Crippen molar-refractivity contribution in [1.29, 1.82) is 0 Å². The fraction of sp³-hybridized carbons (Fsp3) is 0.324. The third-order valence-corrected chi connectivity index (χ3v) is 10.2. The zero-order chi connectivity index (χ0) is 33.7. The number of aromatic carboxylic acids is 1. The van der Waals surface area contributed by atoms with Crippen molar-refractivity contribution in [1.82, 2.24) is 14.3 Å². The summed E-state index contributed by atoms with van der Waals surface area (Å²) in [5.41, 5.74) is 8.97. The van der Waals surface area contributed by atoms with E-state index >= 15 is 0 Å². The summed E-state index contributed by atoms with van der Waals surface area (Å²) < 4.78 is 10.2. The van der Waals surface area contributed by atoms with Crippen molar-refractivity contribution in [2.24, 2.45) is 7.05 Å². The maximum absolute atomic E-state index is 14.7. The smallest absolute Gasteiger partial charge is 0.335 e. The molecule has 1 N–H and O–H groups in total. The van der Waals surface area contributed by atoms with Crippen LogP contribution in [0.4, 0.5) is 5.69 Å². The van der Waals surface area contributed by atoms with Crippen LogP contribution in [-0.2, 0) is 20.0 Å². The quantitative estimate of drug-likeness (QED) is 0.158. The summed E-state index contributed by atoms with van der Waals surface area (Å²) in [4.78, 5) is 28.1. The van der Waals surface area contributed by atoms with Gasteiger partial charge in [0.1, 0.15) is 11.4 Å². The molecule has 0 saturated carbocycles. The zero-order valence-corrected chi connectivity index (χ0v) is 29.0. The molecular weight excluding hydrogens is 635 g/mol. The van der Waals surface area contributed by atoms with Gasteiger partial charge in [-0.3, -0.25) is 9.48 Å². The molecule has 1 amide bonds. The number of carbonyl (C=O) groups excluding carboxylic acids is 1. The number of benzene rings is 3. The van der Waals surface area contributed by atoms with Gasteiger partial charge < -0.3 is 19.3 Å². The van der Waals surface area contributed by atoms with E-state index in [1.807, 2.05) is 68.6 Å². The van der Waals surface area contributed by atoms with E-state index in [9.17, 15) is 14.7 Å². The normalized spacial score (nSPS) is 14.6. The highest BCUT2D eigenvalue weighted by molar-refractivity contribution is 6.35. The third-order valence-electron chi connectivity index (χ3n) is 9.33. The second-order valence-electron chi connectivity index (χ2n) is 12.3. The minimum Gasteiger partial charge on any atom is -0.494 e. The molecule has 0 aliphatic carbocycles. The van der Waals surface area contributed by atoms with Crippen LogP contribution in [0, 0.1) is 27.7 Å². The largest absolute Gasteiger partial charge is 0.494 e. The molecule has 6 rings (SSSR count). The molecule has 2 aromatic heterocycles. The van der Waals surface area contributed by atoms with Crippen molar-refractivity contribution in [3.05, 3.63) is 97.9 Å². The Kier molecular flexibility index (Phi) is 8.85. The number of fused-ring (bicyclic) bond motifs is 3. The molecule has 3 aromatic carbocycles. The number of carboxylic acids is 1. The van der Waals surface area contributed by atoms with Gasteiger partial charge in [0, 0.05) is 46.5 Å². The maximum Gasteiger partial charge on any atom is 0.335 e. The Morgan fingerprint density at radius 3 is 2.30 bits per heavy atom. The van der Waals surface area contributed by atoms with Crippen LogP contribution in [0.5, 0.6) is 5.75 Å². The lowest BCUT2D eigenvalue weighted by Gasteiger charge is -2.37. The van der Waals surface area contributed by atoms with Crippen LogP contribution in [0.2, 0.25) is 10.0 Å². The summed E-state index contributed by atoms with van der Waals surface area (Å²) >= 11 is 13.4. The van der Waals surface area contributed by atoms with Gasteiger partial charge in [-0.25, -0.2) is 4.79 Å². The summed E-state index contributed by atoms with van der Waals surface area (Å²) in [6.45, 7) is 11.0. The maximum atomic E-state index is 14.7. The standard InChI is InChI=1S/C37H38Cl2N4O4/c1-7-25-19-42-34-29(14-15-30(38)32(34)31-22(4)40-41(6)23(31)5)28(9-8-16-47-27-17-20(2)33(39)21(3)18-27)35(42)36(44)43(25)26-12-10-24(11-13-26)37(45)46/h10-15,17-18,25H,7-9,16,19H2,1-6H3,(H,45,46). The molecule has 3 heterocycles. The van der Waals surface area contributed by atoms with Gasteiger partial charge in [-0.1, -0.05) is 36.2 Å². The van der Waals surface area contributed by atoms with Gasteiger partial charge in [-0.2, -0.15) is 5.10 Å². The van der Waals surface area contributed by atoms with Crippen molar-refractivity contribution < 1.29 is 19.4 Å². The second kappa shape index (κ2) is 12.7. The molecule has 0 spiro atoms. The molecule has 1 aliphatic rings. The predicted molar refractivity (Wildman–Crippen MR) is 188 cm³/mol. The van der Waals surface area contributed by atoms with Gasteiger partial charge >= 0.3 is 5.97 Å². The summed E-state index contributed by atoms with van der Waals surface area (Å²) in [6.07, 6.45) is 1.98. The Hall–Kier alpha value is -4.27. The molecule has 5 aromatic rings. The Labute approximate surface area is 284 Å². The lowest BCUT2D eigenvalue weighted by Crippen LogP contribution is -2.48. The van der Waals surface area contributed by atoms with Crippen LogP contribution < -0.4 is 9.64 Å². The molecule has 0 fully saturated rings. The molecule has 244 valence electrons. The van der Waals surface area contributed by atoms with Crippen molar-refractivity contribution in [3.63, 3.8) is 0 Å². The van der Waals surface area contributed by atoms with Crippen molar-refractivity contribution in [2.75, 3.05) is 11.5 Å². The molecule has 0 saturated heterocycles. The first-order valence-corrected chi connectivity index (χ1v) is 16.6. The SMILES string of the molecule is CCC1Cn2c(c(CCCOc3cc(C)c(Cl)c(C)c3)c3ccc(Cl)c(-c4c(C)nn(C)c4C)c32)C(=O)N1c1ccc(C(=O)O)cc1. The Morgan fingerprint density at radius 1 is 1.02 bits per heavy atom. The van der Waals surface area contributed by atoms with Crippen LogP contribution in [0.15, 0.2) is 48.5 Å². The number of anilines is 1. The van der Waals surface area contributed by atoms with Gasteiger partial charge in [0.15, 0.2) is 0 Å². The number of amides is 1. The van der Waals surface area contributed by atoms with Gasteiger partial charge in [0.2, 0.25) is 0 Å². The van der Waals surface area contributed by atoms with E-state index in [1.165, 1.54) is 0 Å². The minimum atomic E-state index is -1.01. The Morgan fingerprint density at radius 2 is 1.70 bits per heavy atom. The molecule has 8 nitrogen and oxygen atoms in total. The van der Waals surface area contributed by atoms with Crippen LogP contribution in [-0.4, -0.2) is 44.0 Å². The molecule has 0 bridgehead atoms. The molecule has 47 heavy (non-hydrogen) atoms. The molecule has 0 radical (unpaired) electrons. The number of hydrogen-bond donors (Lipinski definition) is 1. The number of ether oxygens (including phenoxy) is 1. The Bertz CT molecular complexity index is 2020. The molecular formula is C37H38Cl2N4O4. The van der Waals surface area contributed by atoms with Crippen molar-refractivity contribution >= 4 is 51.7 Å². The molecule has 1 aliphatic heterocycles. The van der Waals surface area contributed by atoms with Crippen molar-refractivity contribution in [3.8, 4) is 16.9 Å². The van der Waals surface area contributed by atoms with Crippen LogP contribution in [0.3, 0.4) is 0 Å². The van der Waals surface area contributed by atoms with Gasteiger partial charge in [-0.15, -0.1) is 0 Å². The Balaban J connectivity index is 1.48. The van der Waals surface area contributed by atoms with Crippen LogP contribution >= 0.6 is 23.2 Å². The van der Waals surface area contributed by atoms with E-state index < -0.39 is 5.97 Å². The predicted octanol–water partition coefficient (Wildman–Crippen LogP) is 8.73. The number of hydrogen-bond acceptors (Lipinski definition) is 4. The number of carbonyl (C=O) groups is 2. The third kappa shape index (κ3) is 5.68. The topological polar surface area (TPSA) is 89.6 Å². The highest BCUT2D eigenvalue weighted by atomic mass is 35.5.